The van der Waals surface area contributed by atoms with Crippen molar-refractivity contribution < 1.29 is 23.0 Å². The van der Waals surface area contributed by atoms with Gasteiger partial charge in [0.25, 0.3) is 0 Å². The maximum Gasteiger partial charge on any atom is 0.416 e. The Morgan fingerprint density at radius 3 is 2.62 bits per heavy atom. The van der Waals surface area contributed by atoms with Gasteiger partial charge in [0, 0.05) is 20.2 Å². The lowest BCUT2D eigenvalue weighted by molar-refractivity contribution is -0.137. The Morgan fingerprint density at radius 2 is 2.10 bits per heavy atom. The number of halogens is 3. The zero-order valence-corrected chi connectivity index (χ0v) is 11.9. The molecule has 118 valence electrons. The SMILES string of the molecule is COC1(CNCC(O)c2cccc(C(F)(F)F)c2)CCC1. The first-order valence-corrected chi connectivity index (χ1v) is 6.97. The Kier molecular flexibility index (Phi) is 4.91. The molecule has 1 aliphatic rings. The van der Waals surface area contributed by atoms with E-state index in [-0.39, 0.29) is 17.7 Å². The van der Waals surface area contributed by atoms with E-state index in [9.17, 15) is 18.3 Å². The van der Waals surface area contributed by atoms with Crippen LogP contribution in [0.1, 0.15) is 36.5 Å². The molecule has 1 saturated carbocycles. The van der Waals surface area contributed by atoms with E-state index < -0.39 is 17.8 Å². The van der Waals surface area contributed by atoms with Crippen molar-refractivity contribution in [3.63, 3.8) is 0 Å². The molecule has 21 heavy (non-hydrogen) atoms. The van der Waals surface area contributed by atoms with Crippen molar-refractivity contribution in [2.75, 3.05) is 20.2 Å². The Bertz CT molecular complexity index is 467. The van der Waals surface area contributed by atoms with Crippen LogP contribution in [0.2, 0.25) is 0 Å². The molecular formula is C15H20F3NO2. The lowest BCUT2D eigenvalue weighted by atomic mass is 9.80. The summed E-state index contributed by atoms with van der Waals surface area (Å²) in [4.78, 5) is 0. The molecule has 0 spiro atoms. The van der Waals surface area contributed by atoms with Gasteiger partial charge in [0.05, 0.1) is 17.3 Å². The number of alkyl halides is 3. The average Bonchev–Trinajstić information content (AvgIpc) is 2.41. The third-order valence-electron chi connectivity index (χ3n) is 4.08. The first-order chi connectivity index (χ1) is 9.86. The van der Waals surface area contributed by atoms with Gasteiger partial charge in [-0.2, -0.15) is 13.2 Å². The highest BCUT2D eigenvalue weighted by Gasteiger charge is 2.36. The van der Waals surface area contributed by atoms with Crippen molar-refractivity contribution in [3.05, 3.63) is 35.4 Å². The monoisotopic (exact) mass is 303 g/mol. The molecule has 1 unspecified atom stereocenters. The largest absolute Gasteiger partial charge is 0.416 e. The van der Waals surface area contributed by atoms with Gasteiger partial charge < -0.3 is 15.2 Å². The van der Waals surface area contributed by atoms with Crippen LogP contribution >= 0.6 is 0 Å². The van der Waals surface area contributed by atoms with Crippen molar-refractivity contribution in [3.8, 4) is 0 Å². The van der Waals surface area contributed by atoms with Crippen molar-refractivity contribution in [2.24, 2.45) is 0 Å². The van der Waals surface area contributed by atoms with Gasteiger partial charge in [-0.15, -0.1) is 0 Å². The molecule has 0 aliphatic heterocycles. The van der Waals surface area contributed by atoms with E-state index in [0.29, 0.717) is 6.54 Å². The van der Waals surface area contributed by atoms with Crippen LogP contribution in [0.3, 0.4) is 0 Å². The Hall–Kier alpha value is -1.11. The van der Waals surface area contributed by atoms with Gasteiger partial charge in [0.1, 0.15) is 0 Å². The number of ether oxygens (including phenoxy) is 1. The number of aliphatic hydroxyl groups is 1. The van der Waals surface area contributed by atoms with Crippen molar-refractivity contribution >= 4 is 0 Å². The fraction of sp³-hybridized carbons (Fsp3) is 0.600. The van der Waals surface area contributed by atoms with E-state index in [0.717, 1.165) is 31.4 Å². The van der Waals surface area contributed by atoms with E-state index in [2.05, 4.69) is 5.32 Å². The fourth-order valence-corrected chi connectivity index (χ4v) is 2.50. The molecule has 1 atom stereocenters. The number of nitrogens with one attached hydrogen (secondary N) is 1. The quantitative estimate of drug-likeness (QED) is 0.849. The molecule has 3 nitrogen and oxygen atoms in total. The van der Waals surface area contributed by atoms with E-state index in [1.54, 1.807) is 7.11 Å². The predicted octanol–water partition coefficient (Wildman–Crippen LogP) is 2.90. The van der Waals surface area contributed by atoms with Crippen LogP contribution in [0.4, 0.5) is 13.2 Å². The van der Waals surface area contributed by atoms with Crippen LogP contribution in [-0.4, -0.2) is 30.9 Å². The molecular weight excluding hydrogens is 283 g/mol. The minimum Gasteiger partial charge on any atom is -0.387 e. The van der Waals surface area contributed by atoms with Gasteiger partial charge in [0.15, 0.2) is 0 Å². The smallest absolute Gasteiger partial charge is 0.387 e. The van der Waals surface area contributed by atoms with Gasteiger partial charge in [0.2, 0.25) is 0 Å². The molecule has 1 aliphatic carbocycles. The molecule has 1 aromatic rings. The molecule has 0 aromatic heterocycles. The first-order valence-electron chi connectivity index (χ1n) is 6.97. The molecule has 1 aromatic carbocycles. The topological polar surface area (TPSA) is 41.5 Å². The third-order valence-corrected chi connectivity index (χ3v) is 4.08. The molecule has 0 amide bonds. The molecule has 0 bridgehead atoms. The number of hydrogen-bond donors (Lipinski definition) is 2. The van der Waals surface area contributed by atoms with Gasteiger partial charge >= 0.3 is 6.18 Å². The van der Waals surface area contributed by atoms with E-state index in [1.807, 2.05) is 0 Å². The molecule has 2 N–H and O–H groups in total. The summed E-state index contributed by atoms with van der Waals surface area (Å²) in [6.07, 6.45) is -2.31. The average molecular weight is 303 g/mol. The minimum atomic E-state index is -4.39. The lowest BCUT2D eigenvalue weighted by Gasteiger charge is -2.40. The minimum absolute atomic E-state index is 0.173. The fourth-order valence-electron chi connectivity index (χ4n) is 2.50. The van der Waals surface area contributed by atoms with Crippen molar-refractivity contribution in [2.45, 2.75) is 37.1 Å². The third kappa shape index (κ3) is 3.96. The van der Waals surface area contributed by atoms with E-state index >= 15 is 0 Å². The van der Waals surface area contributed by atoms with Gasteiger partial charge in [-0.3, -0.25) is 0 Å². The summed E-state index contributed by atoms with van der Waals surface area (Å²) < 4.78 is 43.3. The summed E-state index contributed by atoms with van der Waals surface area (Å²) in [5.74, 6) is 0. The van der Waals surface area contributed by atoms with Crippen molar-refractivity contribution in [1.82, 2.24) is 5.32 Å². The number of methoxy groups -OCH3 is 1. The summed E-state index contributed by atoms with van der Waals surface area (Å²) in [6.45, 7) is 0.798. The summed E-state index contributed by atoms with van der Waals surface area (Å²) in [5.41, 5.74) is -0.656. The predicted molar refractivity (Wildman–Crippen MR) is 72.9 cm³/mol. The maximum atomic E-state index is 12.6. The number of rotatable bonds is 6. The van der Waals surface area contributed by atoms with Crippen LogP contribution in [0.15, 0.2) is 24.3 Å². The van der Waals surface area contributed by atoms with Crippen LogP contribution in [0.5, 0.6) is 0 Å². The van der Waals surface area contributed by atoms with E-state index in [1.165, 1.54) is 12.1 Å². The Labute approximate surface area is 122 Å². The second-order valence-corrected chi connectivity index (χ2v) is 5.51. The van der Waals surface area contributed by atoms with Crippen LogP contribution < -0.4 is 5.32 Å². The summed E-state index contributed by atoms with van der Waals surface area (Å²) in [6, 6.07) is 4.79. The first kappa shape index (κ1) is 16.3. The molecule has 2 rings (SSSR count). The highest BCUT2D eigenvalue weighted by atomic mass is 19.4. The summed E-state index contributed by atoms with van der Waals surface area (Å²) in [5, 5.41) is 13.1. The normalized spacial score (nSPS) is 19.1. The zero-order valence-electron chi connectivity index (χ0n) is 11.9. The van der Waals surface area contributed by atoms with Gasteiger partial charge in [-0.1, -0.05) is 12.1 Å². The molecule has 6 heteroatoms. The summed E-state index contributed by atoms with van der Waals surface area (Å²) >= 11 is 0. The van der Waals surface area contributed by atoms with Crippen LogP contribution in [0, 0.1) is 0 Å². The van der Waals surface area contributed by atoms with Gasteiger partial charge in [-0.05, 0) is 37.0 Å². The zero-order chi connectivity index (χ0) is 15.5. The molecule has 0 heterocycles. The maximum absolute atomic E-state index is 12.6. The van der Waals surface area contributed by atoms with Gasteiger partial charge in [-0.25, -0.2) is 0 Å². The number of hydrogen-bond acceptors (Lipinski definition) is 3. The van der Waals surface area contributed by atoms with E-state index in [4.69, 9.17) is 4.74 Å². The Morgan fingerprint density at radius 1 is 1.38 bits per heavy atom. The lowest BCUT2D eigenvalue weighted by Crippen LogP contribution is -2.48. The van der Waals surface area contributed by atoms with Crippen LogP contribution in [-0.2, 0) is 10.9 Å². The second-order valence-electron chi connectivity index (χ2n) is 5.51. The van der Waals surface area contributed by atoms with Crippen LogP contribution in [0.25, 0.3) is 0 Å². The number of aliphatic hydroxyl groups excluding tert-OH is 1. The Balaban J connectivity index is 1.90. The molecule has 0 saturated heterocycles. The summed E-state index contributed by atoms with van der Waals surface area (Å²) in [7, 11) is 1.66. The molecule has 1 fully saturated rings. The second kappa shape index (κ2) is 6.34. The number of benzene rings is 1. The highest BCUT2D eigenvalue weighted by molar-refractivity contribution is 5.27. The highest BCUT2D eigenvalue weighted by Crippen LogP contribution is 2.34. The van der Waals surface area contributed by atoms with Crippen molar-refractivity contribution in [1.29, 1.82) is 0 Å². The molecule has 0 radical (unpaired) electrons. The standard InChI is InChI=1S/C15H20F3NO2/c1-21-14(6-3-7-14)10-19-9-13(20)11-4-2-5-12(8-11)15(16,17)18/h2,4-5,8,13,19-20H,3,6-7,9-10H2,1H3.